The van der Waals surface area contributed by atoms with Crippen LogP contribution in [0.5, 0.6) is 0 Å². The van der Waals surface area contributed by atoms with E-state index < -0.39 is 24.6 Å². The van der Waals surface area contributed by atoms with Crippen LogP contribution in [0.15, 0.2) is 24.3 Å². The molecule has 2 aliphatic heterocycles. The van der Waals surface area contributed by atoms with Crippen LogP contribution in [0.2, 0.25) is 0 Å². The number of alkyl halides is 2. The first-order chi connectivity index (χ1) is 17.5. The number of aliphatic hydroxyl groups is 1. The van der Waals surface area contributed by atoms with Crippen molar-refractivity contribution in [3.8, 4) is 11.4 Å². The predicted molar refractivity (Wildman–Crippen MR) is 134 cm³/mol. The molecule has 0 saturated carbocycles. The number of hydrogen-bond acceptors (Lipinski definition) is 7. The SMILES string of the molecule is C[C@H]1COCCN1c1nc(-c2ccc(NC(=O)NCC(F)F)cc2)nc2c1CCN(C(=O)C(C)(C)O)C2. The second-order valence-electron chi connectivity index (χ2n) is 9.75. The fourth-order valence-electron chi connectivity index (χ4n) is 4.43. The number of urea groups is 1. The zero-order valence-electron chi connectivity index (χ0n) is 21.1. The van der Waals surface area contributed by atoms with E-state index in [-0.39, 0.29) is 18.5 Å². The number of benzene rings is 1. The fraction of sp³-hybridized carbons (Fsp3) is 0.520. The van der Waals surface area contributed by atoms with Crippen LogP contribution in [0.4, 0.5) is 25.1 Å². The van der Waals surface area contributed by atoms with E-state index in [2.05, 4.69) is 22.5 Å². The number of carbonyl (C=O) groups is 2. The van der Waals surface area contributed by atoms with E-state index in [1.807, 2.05) is 0 Å². The molecule has 2 aliphatic rings. The number of nitrogens with zero attached hydrogens (tertiary/aromatic N) is 4. The summed E-state index contributed by atoms with van der Waals surface area (Å²) in [5, 5.41) is 14.8. The van der Waals surface area contributed by atoms with Crippen LogP contribution in [0.3, 0.4) is 0 Å². The third-order valence-corrected chi connectivity index (χ3v) is 6.31. The summed E-state index contributed by atoms with van der Waals surface area (Å²) >= 11 is 0. The highest BCUT2D eigenvalue weighted by Gasteiger charge is 2.34. The second kappa shape index (κ2) is 10.9. The summed E-state index contributed by atoms with van der Waals surface area (Å²) in [6, 6.07) is 6.13. The Morgan fingerprint density at radius 2 is 1.95 bits per heavy atom. The number of rotatable bonds is 6. The van der Waals surface area contributed by atoms with Gasteiger partial charge < -0.3 is 30.3 Å². The van der Waals surface area contributed by atoms with Gasteiger partial charge in [0, 0.05) is 29.9 Å². The van der Waals surface area contributed by atoms with Crippen LogP contribution in [0.1, 0.15) is 32.0 Å². The Morgan fingerprint density at radius 3 is 2.59 bits per heavy atom. The minimum absolute atomic E-state index is 0.106. The van der Waals surface area contributed by atoms with Crippen molar-refractivity contribution in [1.82, 2.24) is 20.2 Å². The zero-order chi connectivity index (χ0) is 26.7. The maximum atomic E-state index is 12.8. The number of fused-ring (bicyclic) bond motifs is 1. The Morgan fingerprint density at radius 1 is 1.22 bits per heavy atom. The first-order valence-corrected chi connectivity index (χ1v) is 12.2. The highest BCUT2D eigenvalue weighted by atomic mass is 19.3. The van der Waals surface area contributed by atoms with Gasteiger partial charge in [-0.05, 0) is 51.5 Å². The third kappa shape index (κ3) is 6.31. The van der Waals surface area contributed by atoms with E-state index in [0.29, 0.717) is 49.8 Å². The van der Waals surface area contributed by atoms with Gasteiger partial charge in [-0.25, -0.2) is 23.5 Å². The van der Waals surface area contributed by atoms with Crippen molar-refractivity contribution < 1.29 is 28.2 Å². The molecule has 3 amide bonds. The number of anilines is 2. The monoisotopic (exact) mass is 518 g/mol. The molecule has 2 aromatic rings. The molecule has 0 radical (unpaired) electrons. The molecule has 0 bridgehead atoms. The van der Waals surface area contributed by atoms with E-state index in [0.717, 1.165) is 17.1 Å². The van der Waals surface area contributed by atoms with Crippen LogP contribution in [0.25, 0.3) is 11.4 Å². The molecule has 1 aromatic heterocycles. The Bertz CT molecular complexity index is 1140. The summed E-state index contributed by atoms with van der Waals surface area (Å²) in [7, 11) is 0. The number of halogens is 2. The molecule has 0 unspecified atom stereocenters. The summed E-state index contributed by atoms with van der Waals surface area (Å²) in [5.74, 6) is 0.901. The molecule has 3 N–H and O–H groups in total. The van der Waals surface area contributed by atoms with Crippen molar-refractivity contribution in [1.29, 1.82) is 0 Å². The number of aromatic nitrogens is 2. The van der Waals surface area contributed by atoms with E-state index in [9.17, 15) is 23.5 Å². The Labute approximate surface area is 214 Å². The molecule has 12 heteroatoms. The van der Waals surface area contributed by atoms with Crippen LogP contribution in [-0.4, -0.2) is 82.8 Å². The lowest BCUT2D eigenvalue weighted by Crippen LogP contribution is -2.48. The highest BCUT2D eigenvalue weighted by molar-refractivity contribution is 5.89. The molecule has 1 fully saturated rings. The number of morpholine rings is 1. The number of ether oxygens (including phenoxy) is 1. The van der Waals surface area contributed by atoms with Crippen molar-refractivity contribution in [2.45, 2.75) is 51.8 Å². The van der Waals surface area contributed by atoms with Gasteiger partial charge in [-0.1, -0.05) is 0 Å². The number of amides is 3. The highest BCUT2D eigenvalue weighted by Crippen LogP contribution is 2.32. The largest absolute Gasteiger partial charge is 0.381 e. The Kier molecular flexibility index (Phi) is 7.88. The molecule has 0 spiro atoms. The average molecular weight is 519 g/mol. The normalized spacial score (nSPS) is 18.0. The van der Waals surface area contributed by atoms with Crippen molar-refractivity contribution in [2.24, 2.45) is 0 Å². The quantitative estimate of drug-likeness (QED) is 0.537. The van der Waals surface area contributed by atoms with E-state index in [1.165, 1.54) is 13.8 Å². The average Bonchev–Trinajstić information content (AvgIpc) is 2.86. The van der Waals surface area contributed by atoms with Gasteiger partial charge in [0.15, 0.2) is 5.82 Å². The molecule has 1 atom stereocenters. The maximum absolute atomic E-state index is 12.8. The molecule has 10 nitrogen and oxygen atoms in total. The second-order valence-corrected chi connectivity index (χ2v) is 9.75. The summed E-state index contributed by atoms with van der Waals surface area (Å²) < 4.78 is 30.2. The molecule has 37 heavy (non-hydrogen) atoms. The van der Waals surface area contributed by atoms with Gasteiger partial charge in [0.25, 0.3) is 12.3 Å². The lowest BCUT2D eigenvalue weighted by molar-refractivity contribution is -0.148. The molecule has 200 valence electrons. The Balaban J connectivity index is 1.64. The summed E-state index contributed by atoms with van der Waals surface area (Å²) in [5.41, 5.74) is 1.33. The van der Waals surface area contributed by atoms with Crippen LogP contribution in [-0.2, 0) is 22.5 Å². The summed E-state index contributed by atoms with van der Waals surface area (Å²) in [6.07, 6.45) is -2.07. The van der Waals surface area contributed by atoms with Gasteiger partial charge in [-0.2, -0.15) is 0 Å². The lowest BCUT2D eigenvalue weighted by atomic mass is 10.0. The Hall–Kier alpha value is -3.38. The van der Waals surface area contributed by atoms with E-state index >= 15 is 0 Å². The topological polar surface area (TPSA) is 120 Å². The molecule has 3 heterocycles. The van der Waals surface area contributed by atoms with Crippen LogP contribution in [0, 0.1) is 0 Å². The molecule has 1 saturated heterocycles. The lowest BCUT2D eigenvalue weighted by Gasteiger charge is -2.38. The van der Waals surface area contributed by atoms with Gasteiger partial charge >= 0.3 is 6.03 Å². The van der Waals surface area contributed by atoms with Crippen molar-refractivity contribution in [3.05, 3.63) is 35.5 Å². The fourth-order valence-corrected chi connectivity index (χ4v) is 4.43. The third-order valence-electron chi connectivity index (χ3n) is 6.31. The van der Waals surface area contributed by atoms with Gasteiger partial charge in [-0.3, -0.25) is 4.79 Å². The molecular formula is C25H32F2N6O4. The molecular weight excluding hydrogens is 486 g/mol. The van der Waals surface area contributed by atoms with Crippen molar-refractivity contribution >= 4 is 23.4 Å². The number of hydrogen-bond donors (Lipinski definition) is 3. The van der Waals surface area contributed by atoms with Crippen LogP contribution < -0.4 is 15.5 Å². The predicted octanol–water partition coefficient (Wildman–Crippen LogP) is 2.41. The minimum atomic E-state index is -2.63. The maximum Gasteiger partial charge on any atom is 0.319 e. The van der Waals surface area contributed by atoms with Gasteiger partial charge in [-0.15, -0.1) is 0 Å². The number of nitrogens with one attached hydrogen (secondary N) is 2. The molecule has 4 rings (SSSR count). The standard InChI is InChI=1S/C25H32F2N6O4/c1-15-14-37-11-10-33(15)22-18-8-9-32(23(34)25(2,3)36)13-19(18)30-21(31-22)16-4-6-17(7-5-16)29-24(35)28-12-20(26)27/h4-7,15,20,36H,8-14H2,1-3H3,(H2,28,29,35)/t15-/m0/s1. The van der Waals surface area contributed by atoms with Gasteiger partial charge in [0.05, 0.1) is 38.0 Å². The van der Waals surface area contributed by atoms with Crippen LogP contribution >= 0.6 is 0 Å². The molecule has 0 aliphatic carbocycles. The molecule has 1 aromatic carbocycles. The smallest absolute Gasteiger partial charge is 0.319 e. The van der Waals surface area contributed by atoms with Crippen molar-refractivity contribution in [2.75, 3.05) is 43.1 Å². The summed E-state index contributed by atoms with van der Waals surface area (Å²) in [4.78, 5) is 38.1. The number of carbonyl (C=O) groups excluding carboxylic acids is 2. The van der Waals surface area contributed by atoms with E-state index in [4.69, 9.17) is 14.7 Å². The summed E-state index contributed by atoms with van der Waals surface area (Å²) in [6.45, 7) is 6.82. The van der Waals surface area contributed by atoms with Gasteiger partial charge in [0.1, 0.15) is 11.4 Å². The first kappa shape index (κ1) is 26.7. The van der Waals surface area contributed by atoms with E-state index in [1.54, 1.807) is 29.2 Å². The first-order valence-electron chi connectivity index (χ1n) is 12.2. The van der Waals surface area contributed by atoms with Gasteiger partial charge in [0.2, 0.25) is 0 Å². The zero-order valence-corrected chi connectivity index (χ0v) is 21.1. The minimum Gasteiger partial charge on any atom is -0.381 e. The van der Waals surface area contributed by atoms with Crippen molar-refractivity contribution in [3.63, 3.8) is 0 Å².